The number of ether oxygens (including phenoxy) is 5. The van der Waals surface area contributed by atoms with E-state index in [1.54, 1.807) is 20.8 Å². The SMILES string of the molecule is Cc1ccc(CCC(C)C(=O)OCC(CO)OC(=O)CCCNCCCC(=O)OC(COC(=O)C(C)CCc2ccc(C)cc2)COC(=O)C(C)CCc2ccc(C)cc2)cc1. The molecule has 0 radical (unpaired) electrons. The van der Waals surface area contributed by atoms with Gasteiger partial charge in [0.1, 0.15) is 19.8 Å². The third-order valence-electron chi connectivity index (χ3n) is 10.7. The van der Waals surface area contributed by atoms with Gasteiger partial charge < -0.3 is 34.1 Å². The van der Waals surface area contributed by atoms with Crippen LogP contribution in [0.25, 0.3) is 0 Å². The second kappa shape index (κ2) is 28.5. The number of aryl methyl sites for hydroxylation is 6. The summed E-state index contributed by atoms with van der Waals surface area (Å²) in [6, 6.07) is 24.4. The zero-order chi connectivity index (χ0) is 45.3. The largest absolute Gasteiger partial charge is 0.461 e. The van der Waals surface area contributed by atoms with Crippen molar-refractivity contribution in [1.82, 2.24) is 5.32 Å². The molecule has 3 aromatic carbocycles. The van der Waals surface area contributed by atoms with E-state index in [0.717, 1.165) is 34.2 Å². The van der Waals surface area contributed by atoms with Gasteiger partial charge in [-0.3, -0.25) is 24.0 Å². The summed E-state index contributed by atoms with van der Waals surface area (Å²) >= 11 is 0. The average molecular weight is 860 g/mol. The van der Waals surface area contributed by atoms with Crippen LogP contribution in [0.5, 0.6) is 0 Å². The predicted octanol–water partition coefficient (Wildman–Crippen LogP) is 7.31. The molecule has 0 aromatic heterocycles. The normalized spacial score (nSPS) is 13.5. The first-order chi connectivity index (χ1) is 29.7. The monoisotopic (exact) mass is 859 g/mol. The number of benzene rings is 3. The van der Waals surface area contributed by atoms with Gasteiger partial charge in [0, 0.05) is 12.8 Å². The number of nitrogens with one attached hydrogen (secondary N) is 1. The summed E-state index contributed by atoms with van der Waals surface area (Å²) in [4.78, 5) is 63.6. The first kappa shape index (κ1) is 51.3. The third-order valence-corrected chi connectivity index (χ3v) is 10.7. The second-order valence-electron chi connectivity index (χ2n) is 16.5. The fraction of sp³-hybridized carbons (Fsp3) is 0.540. The van der Waals surface area contributed by atoms with E-state index in [4.69, 9.17) is 23.7 Å². The van der Waals surface area contributed by atoms with Gasteiger partial charge in [0.15, 0.2) is 12.2 Å². The van der Waals surface area contributed by atoms with E-state index < -0.39 is 48.7 Å². The molecule has 3 rings (SSSR count). The van der Waals surface area contributed by atoms with Crippen molar-refractivity contribution in [1.29, 1.82) is 0 Å². The van der Waals surface area contributed by atoms with E-state index in [1.807, 2.05) is 93.6 Å². The van der Waals surface area contributed by atoms with Crippen LogP contribution < -0.4 is 5.32 Å². The molecule has 0 heterocycles. The second-order valence-corrected chi connectivity index (χ2v) is 16.5. The molecule has 0 amide bonds. The summed E-state index contributed by atoms with van der Waals surface area (Å²) < 4.78 is 27.4. The number of carbonyl (C=O) groups excluding carboxylic acids is 5. The van der Waals surface area contributed by atoms with Crippen LogP contribution in [-0.4, -0.2) is 86.7 Å². The molecule has 340 valence electrons. The number of aliphatic hydroxyl groups excluding tert-OH is 1. The molecule has 12 nitrogen and oxygen atoms in total. The van der Waals surface area contributed by atoms with Gasteiger partial charge in [0.05, 0.1) is 24.4 Å². The minimum atomic E-state index is -0.971. The van der Waals surface area contributed by atoms with Gasteiger partial charge in [-0.05, 0) is 102 Å². The van der Waals surface area contributed by atoms with Crippen molar-refractivity contribution >= 4 is 29.8 Å². The summed E-state index contributed by atoms with van der Waals surface area (Å²) in [6.45, 7) is 11.2. The number of hydrogen-bond donors (Lipinski definition) is 2. The van der Waals surface area contributed by atoms with Gasteiger partial charge in [-0.15, -0.1) is 0 Å². The van der Waals surface area contributed by atoms with Gasteiger partial charge in [0.2, 0.25) is 0 Å². The van der Waals surface area contributed by atoms with Gasteiger partial charge in [-0.1, -0.05) is 110 Å². The number of rotatable bonds is 29. The minimum absolute atomic E-state index is 0.0643. The minimum Gasteiger partial charge on any atom is -0.461 e. The standard InChI is InChI=1S/C50H69NO11/c1-35-11-20-41(21-12-35)26-17-38(4)48(55)58-32-44(31-52)61-46(53)9-7-29-51-30-8-10-47(54)62-45(33-59-49(56)39(5)18-27-42-22-13-36(2)14-23-42)34-60-50(57)40(6)19-28-43-24-15-37(3)16-25-43/h11-16,20-25,38-40,44-45,51-52H,7-10,17-19,26-34H2,1-6H3. The van der Waals surface area contributed by atoms with Crippen molar-refractivity contribution in [2.75, 3.05) is 39.5 Å². The molecule has 0 bridgehead atoms. The van der Waals surface area contributed by atoms with Crippen molar-refractivity contribution in [3.05, 3.63) is 106 Å². The molecule has 0 spiro atoms. The molecular formula is C50H69NO11. The Morgan fingerprint density at radius 1 is 0.500 bits per heavy atom. The fourth-order valence-corrected chi connectivity index (χ4v) is 6.29. The summed E-state index contributed by atoms with van der Waals surface area (Å²) in [5.74, 6) is -3.43. The molecule has 12 heteroatoms. The Kier molecular flexibility index (Phi) is 23.6. The lowest BCUT2D eigenvalue weighted by molar-refractivity contribution is -0.169. The molecule has 0 aliphatic rings. The first-order valence-corrected chi connectivity index (χ1v) is 22.1. The molecule has 0 saturated carbocycles. The van der Waals surface area contributed by atoms with Gasteiger partial charge in [-0.25, -0.2) is 0 Å². The lowest BCUT2D eigenvalue weighted by atomic mass is 10.0. The number of hydrogen-bond acceptors (Lipinski definition) is 12. The van der Waals surface area contributed by atoms with Crippen molar-refractivity contribution in [3.8, 4) is 0 Å². The summed E-state index contributed by atoms with van der Waals surface area (Å²) in [7, 11) is 0. The Labute approximate surface area is 368 Å². The Bertz CT molecular complexity index is 1720. The first-order valence-electron chi connectivity index (χ1n) is 22.1. The zero-order valence-corrected chi connectivity index (χ0v) is 37.7. The quantitative estimate of drug-likeness (QED) is 0.0407. The smallest absolute Gasteiger partial charge is 0.308 e. The van der Waals surface area contributed by atoms with E-state index in [-0.39, 0.29) is 50.4 Å². The molecule has 4 unspecified atom stereocenters. The van der Waals surface area contributed by atoms with Crippen molar-refractivity contribution in [3.63, 3.8) is 0 Å². The highest BCUT2D eigenvalue weighted by Crippen LogP contribution is 2.16. The van der Waals surface area contributed by atoms with E-state index in [2.05, 4.69) is 5.32 Å². The highest BCUT2D eigenvalue weighted by Gasteiger charge is 2.24. The van der Waals surface area contributed by atoms with Crippen LogP contribution in [-0.2, 0) is 66.9 Å². The molecule has 0 aliphatic carbocycles. The highest BCUT2D eigenvalue weighted by molar-refractivity contribution is 5.73. The van der Waals surface area contributed by atoms with Crippen LogP contribution >= 0.6 is 0 Å². The van der Waals surface area contributed by atoms with Crippen LogP contribution in [0.15, 0.2) is 72.8 Å². The zero-order valence-electron chi connectivity index (χ0n) is 37.7. The molecule has 3 aromatic rings. The molecule has 2 N–H and O–H groups in total. The van der Waals surface area contributed by atoms with Gasteiger partial charge in [-0.2, -0.15) is 0 Å². The predicted molar refractivity (Wildman–Crippen MR) is 237 cm³/mol. The van der Waals surface area contributed by atoms with Gasteiger partial charge in [0.25, 0.3) is 0 Å². The Balaban J connectivity index is 1.35. The third kappa shape index (κ3) is 21.1. The number of esters is 5. The Morgan fingerprint density at radius 2 is 0.806 bits per heavy atom. The van der Waals surface area contributed by atoms with Crippen LogP contribution in [0.4, 0.5) is 0 Å². The highest BCUT2D eigenvalue weighted by atomic mass is 16.6. The molecule has 0 fully saturated rings. The van der Waals surface area contributed by atoms with Crippen molar-refractivity contribution in [2.45, 2.75) is 118 Å². The van der Waals surface area contributed by atoms with Crippen LogP contribution in [0, 0.1) is 38.5 Å². The maximum Gasteiger partial charge on any atom is 0.308 e. The van der Waals surface area contributed by atoms with Crippen LogP contribution in [0.3, 0.4) is 0 Å². The molecule has 4 atom stereocenters. The topological polar surface area (TPSA) is 164 Å². The van der Waals surface area contributed by atoms with E-state index in [1.165, 1.54) is 5.56 Å². The number of aliphatic hydroxyl groups is 1. The summed E-state index contributed by atoms with van der Waals surface area (Å²) in [6.07, 6.45) is 3.05. The lowest BCUT2D eigenvalue weighted by Gasteiger charge is -2.20. The Hall–Kier alpha value is -5.07. The lowest BCUT2D eigenvalue weighted by Crippen LogP contribution is -2.33. The van der Waals surface area contributed by atoms with Crippen LogP contribution in [0.1, 0.15) is 99.1 Å². The Morgan fingerprint density at radius 3 is 1.13 bits per heavy atom. The van der Waals surface area contributed by atoms with Crippen molar-refractivity contribution in [2.24, 2.45) is 17.8 Å². The van der Waals surface area contributed by atoms with Gasteiger partial charge >= 0.3 is 29.8 Å². The average Bonchev–Trinajstić information content (AvgIpc) is 3.26. The molecular weight excluding hydrogens is 791 g/mol. The maximum absolute atomic E-state index is 12.9. The summed E-state index contributed by atoms with van der Waals surface area (Å²) in [5, 5.41) is 12.9. The van der Waals surface area contributed by atoms with E-state index in [9.17, 15) is 29.1 Å². The maximum atomic E-state index is 12.9. The van der Waals surface area contributed by atoms with E-state index in [0.29, 0.717) is 58.0 Å². The van der Waals surface area contributed by atoms with Crippen molar-refractivity contribution < 1.29 is 52.8 Å². The summed E-state index contributed by atoms with van der Waals surface area (Å²) in [5.41, 5.74) is 6.89. The number of carbonyl (C=O) groups is 5. The molecule has 62 heavy (non-hydrogen) atoms. The van der Waals surface area contributed by atoms with E-state index >= 15 is 0 Å². The molecule has 0 aliphatic heterocycles. The van der Waals surface area contributed by atoms with Crippen LogP contribution in [0.2, 0.25) is 0 Å². The fourth-order valence-electron chi connectivity index (χ4n) is 6.29. The molecule has 0 saturated heterocycles.